The molecule has 0 unspecified atom stereocenters. The van der Waals surface area contributed by atoms with Crippen LogP contribution in [0, 0.1) is 0 Å². The topological polar surface area (TPSA) is 53.6 Å². The molecule has 5 nitrogen and oxygen atoms in total. The number of halogens is 1. The number of rotatable bonds is 0. The molecule has 2 N–H and O–H groups in total. The van der Waals surface area contributed by atoms with Gasteiger partial charge >= 0.3 is 6.09 Å². The highest BCUT2D eigenvalue weighted by Gasteiger charge is 2.39. The SMILES string of the molecule is CC(C)(C)OC(=O)N1CCC2(CC1)CNc1ccc(Cl)cc1N2. The number of ether oxygens (including phenoxy) is 1. The van der Waals surface area contributed by atoms with E-state index in [0.717, 1.165) is 35.8 Å². The Labute approximate surface area is 142 Å². The number of carbonyl (C=O) groups is 1. The van der Waals surface area contributed by atoms with E-state index >= 15 is 0 Å². The number of hydrogen-bond acceptors (Lipinski definition) is 4. The van der Waals surface area contributed by atoms with E-state index in [1.54, 1.807) is 4.90 Å². The van der Waals surface area contributed by atoms with Crippen molar-refractivity contribution >= 4 is 29.1 Å². The Morgan fingerprint density at radius 1 is 1.26 bits per heavy atom. The van der Waals surface area contributed by atoms with Crippen LogP contribution in [-0.2, 0) is 4.74 Å². The number of amides is 1. The minimum absolute atomic E-state index is 0.0316. The van der Waals surface area contributed by atoms with Gasteiger partial charge in [-0.25, -0.2) is 4.79 Å². The zero-order valence-electron chi connectivity index (χ0n) is 13.9. The van der Waals surface area contributed by atoms with Gasteiger partial charge in [-0.2, -0.15) is 0 Å². The molecule has 6 heteroatoms. The van der Waals surface area contributed by atoms with Gasteiger partial charge in [-0.1, -0.05) is 11.6 Å². The van der Waals surface area contributed by atoms with Crippen molar-refractivity contribution in [3.8, 4) is 0 Å². The molecule has 1 saturated heterocycles. The number of carbonyl (C=O) groups excluding carboxylic acids is 1. The maximum Gasteiger partial charge on any atom is 0.410 e. The molecular weight excluding hydrogens is 314 g/mol. The smallest absolute Gasteiger partial charge is 0.410 e. The first kappa shape index (κ1) is 16.2. The molecule has 126 valence electrons. The maximum atomic E-state index is 12.2. The molecule has 23 heavy (non-hydrogen) atoms. The summed E-state index contributed by atoms with van der Waals surface area (Å²) < 4.78 is 5.46. The van der Waals surface area contributed by atoms with Crippen LogP contribution in [0.4, 0.5) is 16.2 Å². The number of nitrogens with one attached hydrogen (secondary N) is 2. The lowest BCUT2D eigenvalue weighted by molar-refractivity contribution is 0.0181. The highest BCUT2D eigenvalue weighted by Crippen LogP contribution is 2.37. The first-order valence-electron chi connectivity index (χ1n) is 8.06. The number of benzene rings is 1. The minimum atomic E-state index is -0.452. The fourth-order valence-corrected chi connectivity index (χ4v) is 3.29. The molecule has 2 aliphatic rings. The fourth-order valence-electron chi connectivity index (χ4n) is 3.11. The van der Waals surface area contributed by atoms with E-state index in [1.165, 1.54) is 0 Å². The number of nitrogens with zero attached hydrogens (tertiary/aromatic N) is 1. The number of anilines is 2. The van der Waals surface area contributed by atoms with Crippen LogP contribution in [0.5, 0.6) is 0 Å². The zero-order valence-corrected chi connectivity index (χ0v) is 14.7. The van der Waals surface area contributed by atoms with Gasteiger partial charge in [0.05, 0.1) is 16.9 Å². The number of piperidine rings is 1. The van der Waals surface area contributed by atoms with E-state index in [-0.39, 0.29) is 11.6 Å². The van der Waals surface area contributed by atoms with Gasteiger partial charge < -0.3 is 20.3 Å². The van der Waals surface area contributed by atoms with Crippen molar-refractivity contribution in [2.24, 2.45) is 0 Å². The second-order valence-electron chi connectivity index (χ2n) is 7.42. The predicted octanol–water partition coefficient (Wildman–Crippen LogP) is 3.95. The van der Waals surface area contributed by atoms with Gasteiger partial charge in [0.15, 0.2) is 0 Å². The van der Waals surface area contributed by atoms with Gasteiger partial charge in [0.2, 0.25) is 0 Å². The largest absolute Gasteiger partial charge is 0.444 e. The molecule has 1 amide bonds. The lowest BCUT2D eigenvalue weighted by Crippen LogP contribution is -2.56. The van der Waals surface area contributed by atoms with Crippen LogP contribution < -0.4 is 10.6 Å². The fraction of sp³-hybridized carbons (Fsp3) is 0.588. The standard InChI is InChI=1S/C17H24ClN3O2/c1-16(2,3)23-15(22)21-8-6-17(7-9-21)11-19-13-5-4-12(18)10-14(13)20-17/h4-5,10,19-20H,6-9,11H2,1-3H3. The second-order valence-corrected chi connectivity index (χ2v) is 7.85. The van der Waals surface area contributed by atoms with Gasteiger partial charge in [-0.05, 0) is 51.8 Å². The monoisotopic (exact) mass is 337 g/mol. The van der Waals surface area contributed by atoms with Gasteiger partial charge in [0, 0.05) is 24.7 Å². The summed E-state index contributed by atoms with van der Waals surface area (Å²) in [5.41, 5.74) is 1.63. The first-order chi connectivity index (χ1) is 10.8. The summed E-state index contributed by atoms with van der Waals surface area (Å²) in [6.07, 6.45) is 1.54. The number of hydrogen-bond donors (Lipinski definition) is 2. The Morgan fingerprint density at radius 2 is 1.96 bits per heavy atom. The molecule has 2 aliphatic heterocycles. The summed E-state index contributed by atoms with van der Waals surface area (Å²) in [6, 6.07) is 5.83. The van der Waals surface area contributed by atoms with Crippen LogP contribution in [0.2, 0.25) is 5.02 Å². The normalized spacial score (nSPS) is 19.6. The molecule has 1 fully saturated rings. The van der Waals surface area contributed by atoms with Crippen LogP contribution in [0.1, 0.15) is 33.6 Å². The van der Waals surface area contributed by atoms with Crippen molar-refractivity contribution in [2.45, 2.75) is 44.8 Å². The molecular formula is C17H24ClN3O2. The van der Waals surface area contributed by atoms with Gasteiger partial charge in [-0.3, -0.25) is 0 Å². The van der Waals surface area contributed by atoms with Crippen molar-refractivity contribution in [1.82, 2.24) is 4.90 Å². The molecule has 0 radical (unpaired) electrons. The van der Waals surface area contributed by atoms with Crippen molar-refractivity contribution in [2.75, 3.05) is 30.3 Å². The van der Waals surface area contributed by atoms with Crippen molar-refractivity contribution in [3.63, 3.8) is 0 Å². The lowest BCUT2D eigenvalue weighted by Gasteiger charge is -2.46. The molecule has 1 spiro atoms. The highest BCUT2D eigenvalue weighted by atomic mass is 35.5. The van der Waals surface area contributed by atoms with Crippen LogP contribution in [0.3, 0.4) is 0 Å². The van der Waals surface area contributed by atoms with E-state index in [0.29, 0.717) is 13.1 Å². The summed E-state index contributed by atoms with van der Waals surface area (Å²) in [5, 5.41) is 7.84. The summed E-state index contributed by atoms with van der Waals surface area (Å²) in [7, 11) is 0. The Balaban J connectivity index is 1.64. The van der Waals surface area contributed by atoms with Crippen LogP contribution in [-0.4, -0.2) is 41.8 Å². The average molecular weight is 338 g/mol. The Hall–Kier alpha value is -1.62. The Morgan fingerprint density at radius 3 is 2.61 bits per heavy atom. The minimum Gasteiger partial charge on any atom is -0.444 e. The van der Waals surface area contributed by atoms with E-state index < -0.39 is 5.60 Å². The predicted molar refractivity (Wildman–Crippen MR) is 93.3 cm³/mol. The van der Waals surface area contributed by atoms with Crippen molar-refractivity contribution in [1.29, 1.82) is 0 Å². The highest BCUT2D eigenvalue weighted by molar-refractivity contribution is 6.31. The third-order valence-electron chi connectivity index (χ3n) is 4.37. The Bertz CT molecular complexity index is 604. The van der Waals surface area contributed by atoms with E-state index in [4.69, 9.17) is 16.3 Å². The molecule has 1 aromatic rings. The third kappa shape index (κ3) is 3.66. The third-order valence-corrected chi connectivity index (χ3v) is 4.61. The number of likely N-dealkylation sites (tertiary alicyclic amines) is 1. The van der Waals surface area contributed by atoms with E-state index in [1.807, 2.05) is 39.0 Å². The molecule has 0 aromatic heterocycles. The molecule has 3 rings (SSSR count). The van der Waals surface area contributed by atoms with Gasteiger partial charge in [0.25, 0.3) is 0 Å². The molecule has 0 atom stereocenters. The molecule has 1 aromatic carbocycles. The van der Waals surface area contributed by atoms with Crippen LogP contribution >= 0.6 is 11.6 Å². The summed E-state index contributed by atoms with van der Waals surface area (Å²) in [6.45, 7) is 7.92. The van der Waals surface area contributed by atoms with Crippen molar-refractivity contribution < 1.29 is 9.53 Å². The van der Waals surface area contributed by atoms with E-state index in [2.05, 4.69) is 10.6 Å². The second kappa shape index (κ2) is 5.78. The molecule has 0 saturated carbocycles. The van der Waals surface area contributed by atoms with Gasteiger partial charge in [-0.15, -0.1) is 0 Å². The van der Waals surface area contributed by atoms with Crippen molar-refractivity contribution in [3.05, 3.63) is 23.2 Å². The molecule has 2 heterocycles. The zero-order chi connectivity index (χ0) is 16.7. The number of fused-ring (bicyclic) bond motifs is 1. The molecule has 0 bridgehead atoms. The van der Waals surface area contributed by atoms with Crippen LogP contribution in [0.15, 0.2) is 18.2 Å². The maximum absolute atomic E-state index is 12.2. The quantitative estimate of drug-likeness (QED) is 0.752. The summed E-state index contributed by atoms with van der Waals surface area (Å²) in [5.74, 6) is 0. The van der Waals surface area contributed by atoms with E-state index in [9.17, 15) is 4.79 Å². The van der Waals surface area contributed by atoms with Gasteiger partial charge in [0.1, 0.15) is 5.60 Å². The summed E-state index contributed by atoms with van der Waals surface area (Å²) in [4.78, 5) is 14.0. The summed E-state index contributed by atoms with van der Waals surface area (Å²) >= 11 is 6.09. The van der Waals surface area contributed by atoms with Crippen LogP contribution in [0.25, 0.3) is 0 Å². The molecule has 0 aliphatic carbocycles. The Kier molecular flexibility index (Phi) is 4.08. The average Bonchev–Trinajstić information content (AvgIpc) is 2.45. The first-order valence-corrected chi connectivity index (χ1v) is 8.44. The lowest BCUT2D eigenvalue weighted by atomic mass is 9.85.